The number of rotatable bonds is 2. The number of nitrogens with two attached hydrogens (primary N) is 1. The molecule has 1 saturated carbocycles. The van der Waals surface area contributed by atoms with E-state index in [-0.39, 0.29) is 0 Å². The Morgan fingerprint density at radius 1 is 1.14 bits per heavy atom. The maximum absolute atomic E-state index is 5.94. The van der Waals surface area contributed by atoms with Gasteiger partial charge in [-0.15, -0.1) is 0 Å². The minimum Gasteiger partial charge on any atom is -0.327 e. The minimum atomic E-state index is 0.389. The number of hydrogen-bond acceptors (Lipinski definition) is 1. The molecule has 0 unspecified atom stereocenters. The van der Waals surface area contributed by atoms with Crippen molar-refractivity contribution in [2.24, 2.45) is 11.7 Å². The van der Waals surface area contributed by atoms with Crippen molar-refractivity contribution in [3.8, 4) is 0 Å². The zero-order chi connectivity index (χ0) is 10.3. The van der Waals surface area contributed by atoms with Crippen LogP contribution in [0, 0.1) is 5.92 Å². The first-order chi connectivity index (χ1) is 6.61. The van der Waals surface area contributed by atoms with E-state index in [1.165, 1.54) is 11.1 Å². The maximum atomic E-state index is 5.94. The van der Waals surface area contributed by atoms with Crippen LogP contribution in [0.1, 0.15) is 43.7 Å². The highest BCUT2D eigenvalue weighted by Gasteiger charge is 2.44. The third-order valence-electron chi connectivity index (χ3n) is 3.44. The lowest BCUT2D eigenvalue weighted by Crippen LogP contribution is -2.02. The lowest BCUT2D eigenvalue weighted by Gasteiger charge is -2.06. The molecule has 0 saturated heterocycles. The van der Waals surface area contributed by atoms with Gasteiger partial charge in [0.1, 0.15) is 0 Å². The maximum Gasteiger partial charge on any atom is 0.0143 e. The van der Waals surface area contributed by atoms with E-state index >= 15 is 0 Å². The highest BCUT2D eigenvalue weighted by molar-refractivity contribution is 5.33. The Morgan fingerprint density at radius 2 is 1.64 bits per heavy atom. The Balaban J connectivity index is 2.15. The van der Waals surface area contributed by atoms with Gasteiger partial charge in [0.25, 0.3) is 0 Å². The van der Waals surface area contributed by atoms with Crippen LogP contribution in [0.15, 0.2) is 24.3 Å². The Bertz CT molecular complexity index is 305. The second-order valence-corrected chi connectivity index (χ2v) is 4.78. The molecule has 0 radical (unpaired) electrons. The van der Waals surface area contributed by atoms with Gasteiger partial charge in [-0.1, -0.05) is 45.0 Å². The van der Waals surface area contributed by atoms with Crippen molar-refractivity contribution in [3.05, 3.63) is 35.4 Å². The summed E-state index contributed by atoms with van der Waals surface area (Å²) in [6.07, 6.45) is 0. The Hall–Kier alpha value is -0.820. The smallest absolute Gasteiger partial charge is 0.0143 e. The molecule has 3 atom stereocenters. The summed E-state index contributed by atoms with van der Waals surface area (Å²) in [5, 5.41) is 0. The molecule has 1 heteroatoms. The van der Waals surface area contributed by atoms with Crippen molar-refractivity contribution in [1.29, 1.82) is 0 Å². The molecule has 0 aromatic heterocycles. The molecule has 1 aliphatic carbocycles. The van der Waals surface area contributed by atoms with E-state index in [0.717, 1.165) is 0 Å². The Labute approximate surface area is 86.3 Å². The number of hydrogen-bond donors (Lipinski definition) is 1. The minimum absolute atomic E-state index is 0.389. The van der Waals surface area contributed by atoms with Crippen LogP contribution >= 0.6 is 0 Å². The predicted octanol–water partition coefficient (Wildman–Crippen LogP) is 2.87. The molecule has 0 aliphatic heterocycles. The predicted molar refractivity (Wildman–Crippen MR) is 60.4 cm³/mol. The molecule has 1 aromatic rings. The lowest BCUT2D eigenvalue weighted by atomic mass is 10.00. The fourth-order valence-electron chi connectivity index (χ4n) is 2.12. The molecule has 76 valence electrons. The molecule has 0 bridgehead atoms. The van der Waals surface area contributed by atoms with Gasteiger partial charge < -0.3 is 5.73 Å². The van der Waals surface area contributed by atoms with Crippen molar-refractivity contribution in [3.63, 3.8) is 0 Å². The molecule has 1 aromatic carbocycles. The normalized spacial score (nSPS) is 30.8. The summed E-state index contributed by atoms with van der Waals surface area (Å²) in [7, 11) is 0. The number of benzene rings is 1. The molecule has 2 N–H and O–H groups in total. The van der Waals surface area contributed by atoms with Crippen LogP contribution in [0.25, 0.3) is 0 Å². The van der Waals surface area contributed by atoms with Gasteiger partial charge in [0.05, 0.1) is 0 Å². The van der Waals surface area contributed by atoms with E-state index < -0.39 is 0 Å². The van der Waals surface area contributed by atoms with Gasteiger partial charge in [0.15, 0.2) is 0 Å². The second kappa shape index (κ2) is 3.39. The largest absolute Gasteiger partial charge is 0.327 e. The van der Waals surface area contributed by atoms with Crippen LogP contribution in [-0.4, -0.2) is 6.04 Å². The molecule has 0 amide bonds. The van der Waals surface area contributed by atoms with Gasteiger partial charge in [-0.3, -0.25) is 0 Å². The van der Waals surface area contributed by atoms with Gasteiger partial charge in [-0.05, 0) is 23.0 Å². The van der Waals surface area contributed by atoms with Crippen molar-refractivity contribution in [2.45, 2.75) is 38.6 Å². The van der Waals surface area contributed by atoms with Gasteiger partial charge in [-0.25, -0.2) is 0 Å². The van der Waals surface area contributed by atoms with Crippen LogP contribution < -0.4 is 5.73 Å². The van der Waals surface area contributed by atoms with Crippen LogP contribution in [0.3, 0.4) is 0 Å². The SMILES string of the molecule is CC(C)c1ccc([C@H]2[C@@H](C)[C@@H]2N)cc1. The third-order valence-corrected chi connectivity index (χ3v) is 3.44. The summed E-state index contributed by atoms with van der Waals surface area (Å²) >= 11 is 0. The summed E-state index contributed by atoms with van der Waals surface area (Å²) in [5.74, 6) is 1.89. The molecule has 0 heterocycles. The molecular weight excluding hydrogens is 170 g/mol. The van der Waals surface area contributed by atoms with Crippen LogP contribution in [-0.2, 0) is 0 Å². The summed E-state index contributed by atoms with van der Waals surface area (Å²) < 4.78 is 0. The van der Waals surface area contributed by atoms with Crippen molar-refractivity contribution in [2.75, 3.05) is 0 Å². The van der Waals surface area contributed by atoms with Gasteiger partial charge >= 0.3 is 0 Å². The van der Waals surface area contributed by atoms with E-state index in [1.54, 1.807) is 0 Å². The average molecular weight is 189 g/mol. The van der Waals surface area contributed by atoms with Gasteiger partial charge in [-0.2, -0.15) is 0 Å². The first-order valence-corrected chi connectivity index (χ1v) is 5.46. The summed E-state index contributed by atoms with van der Waals surface area (Å²) in [6.45, 7) is 6.67. The molecular formula is C13H19N. The molecule has 1 fully saturated rings. The zero-order valence-electron chi connectivity index (χ0n) is 9.20. The lowest BCUT2D eigenvalue weighted by molar-refractivity contribution is 0.861. The highest BCUT2D eigenvalue weighted by Crippen LogP contribution is 2.45. The average Bonchev–Trinajstić information content (AvgIpc) is 2.75. The van der Waals surface area contributed by atoms with E-state index in [4.69, 9.17) is 5.73 Å². The van der Waals surface area contributed by atoms with E-state index in [2.05, 4.69) is 45.0 Å². The molecule has 14 heavy (non-hydrogen) atoms. The summed E-state index contributed by atoms with van der Waals surface area (Å²) in [5.41, 5.74) is 8.76. The fourth-order valence-corrected chi connectivity index (χ4v) is 2.12. The van der Waals surface area contributed by atoms with Gasteiger partial charge in [0.2, 0.25) is 0 Å². The zero-order valence-corrected chi connectivity index (χ0v) is 9.20. The molecule has 0 spiro atoms. The Kier molecular flexibility index (Phi) is 2.36. The van der Waals surface area contributed by atoms with E-state index in [9.17, 15) is 0 Å². The first kappa shape index (κ1) is 9.72. The summed E-state index contributed by atoms with van der Waals surface area (Å²) in [4.78, 5) is 0. The van der Waals surface area contributed by atoms with Crippen molar-refractivity contribution in [1.82, 2.24) is 0 Å². The summed E-state index contributed by atoms with van der Waals surface area (Å²) in [6, 6.07) is 9.34. The first-order valence-electron chi connectivity index (χ1n) is 5.46. The van der Waals surface area contributed by atoms with E-state index in [1.807, 2.05) is 0 Å². The van der Waals surface area contributed by atoms with Crippen LogP contribution in [0.5, 0.6) is 0 Å². The quantitative estimate of drug-likeness (QED) is 0.760. The Morgan fingerprint density at radius 3 is 2.00 bits per heavy atom. The van der Waals surface area contributed by atoms with Crippen LogP contribution in [0.2, 0.25) is 0 Å². The standard InChI is InChI=1S/C13H19N/c1-8(2)10-4-6-11(7-5-10)12-9(3)13(12)14/h4-9,12-13H,14H2,1-3H3/t9-,12-,13+/m1/s1. The monoisotopic (exact) mass is 189 g/mol. The topological polar surface area (TPSA) is 26.0 Å². The molecule has 1 nitrogen and oxygen atoms in total. The highest BCUT2D eigenvalue weighted by atomic mass is 14.8. The van der Waals surface area contributed by atoms with Crippen molar-refractivity contribution < 1.29 is 0 Å². The third kappa shape index (κ3) is 1.57. The molecule has 2 rings (SSSR count). The van der Waals surface area contributed by atoms with E-state index in [0.29, 0.717) is 23.8 Å². The second-order valence-electron chi connectivity index (χ2n) is 4.78. The fraction of sp³-hybridized carbons (Fsp3) is 0.538. The van der Waals surface area contributed by atoms with Crippen LogP contribution in [0.4, 0.5) is 0 Å². The van der Waals surface area contributed by atoms with Crippen molar-refractivity contribution >= 4 is 0 Å². The van der Waals surface area contributed by atoms with Gasteiger partial charge in [0, 0.05) is 12.0 Å². The molecule has 1 aliphatic rings.